The highest BCUT2D eigenvalue weighted by Gasteiger charge is 2.26. The molecule has 1 aromatic heterocycles. The van der Waals surface area contributed by atoms with E-state index in [1.165, 1.54) is 6.07 Å². The highest BCUT2D eigenvalue weighted by atomic mass is 16.5. The molecule has 10 nitrogen and oxygen atoms in total. The molecule has 1 aliphatic rings. The van der Waals surface area contributed by atoms with Crippen LogP contribution in [0.5, 0.6) is 11.5 Å². The van der Waals surface area contributed by atoms with E-state index in [1.54, 1.807) is 11.0 Å². The monoisotopic (exact) mass is 708 g/mol. The van der Waals surface area contributed by atoms with Crippen molar-refractivity contribution in [3.63, 3.8) is 0 Å². The SMILES string of the molecule is CCCN(C(=O)c1cc(C(C)C)c(O)cc1O)c1ccc(-c2cc(C(=O)NCc3c(C)cc(C)[nH]c3=O)c(C)c(N(CC)C3CCOCC3)c2)cc1. The van der Waals surface area contributed by atoms with Crippen molar-refractivity contribution < 1.29 is 24.5 Å². The molecule has 5 rings (SSSR count). The summed E-state index contributed by atoms with van der Waals surface area (Å²) in [5.41, 5.74) is 7.35. The fourth-order valence-electron chi connectivity index (χ4n) is 7.17. The number of phenols is 2. The number of aromatic hydroxyl groups is 2. The van der Waals surface area contributed by atoms with Crippen LogP contribution < -0.4 is 20.7 Å². The molecule has 0 bridgehead atoms. The van der Waals surface area contributed by atoms with E-state index in [0.29, 0.717) is 48.6 Å². The van der Waals surface area contributed by atoms with Crippen molar-refractivity contribution in [2.75, 3.05) is 36.1 Å². The predicted octanol–water partition coefficient (Wildman–Crippen LogP) is 7.49. The number of amides is 2. The van der Waals surface area contributed by atoms with Crippen LogP contribution in [0.1, 0.15) is 102 Å². The van der Waals surface area contributed by atoms with Gasteiger partial charge in [0.2, 0.25) is 0 Å². The molecule has 0 radical (unpaired) electrons. The number of rotatable bonds is 12. The lowest BCUT2D eigenvalue weighted by molar-refractivity contribution is 0.0845. The zero-order valence-corrected chi connectivity index (χ0v) is 31.4. The van der Waals surface area contributed by atoms with Crippen LogP contribution in [0, 0.1) is 20.8 Å². The van der Waals surface area contributed by atoms with E-state index < -0.39 is 0 Å². The Morgan fingerprint density at radius 2 is 1.62 bits per heavy atom. The molecule has 4 N–H and O–H groups in total. The van der Waals surface area contributed by atoms with Crippen LogP contribution in [0.15, 0.2) is 59.4 Å². The van der Waals surface area contributed by atoms with Gasteiger partial charge in [-0.1, -0.05) is 32.9 Å². The van der Waals surface area contributed by atoms with Crippen LogP contribution in [-0.4, -0.2) is 59.4 Å². The number of aromatic nitrogens is 1. The summed E-state index contributed by atoms with van der Waals surface area (Å²) in [5, 5.41) is 24.0. The maximum absolute atomic E-state index is 13.9. The van der Waals surface area contributed by atoms with Crippen molar-refractivity contribution in [1.29, 1.82) is 0 Å². The lowest BCUT2D eigenvalue weighted by Gasteiger charge is -2.37. The van der Waals surface area contributed by atoms with Gasteiger partial charge in [-0.05, 0) is 117 Å². The van der Waals surface area contributed by atoms with Crippen molar-refractivity contribution in [3.05, 3.63) is 104 Å². The Kier molecular flexibility index (Phi) is 12.1. The quantitative estimate of drug-likeness (QED) is 0.120. The van der Waals surface area contributed by atoms with Crippen LogP contribution >= 0.6 is 0 Å². The molecule has 1 saturated heterocycles. The fraction of sp³-hybridized carbons (Fsp3) is 0.405. The van der Waals surface area contributed by atoms with Crippen molar-refractivity contribution in [3.8, 4) is 22.6 Å². The number of aromatic amines is 1. The first-order valence-electron chi connectivity index (χ1n) is 18.3. The second-order valence-electron chi connectivity index (χ2n) is 14.0. The average molecular weight is 709 g/mol. The Morgan fingerprint density at radius 3 is 2.23 bits per heavy atom. The zero-order valence-electron chi connectivity index (χ0n) is 31.4. The Hall–Kier alpha value is -5.09. The van der Waals surface area contributed by atoms with E-state index in [2.05, 4.69) is 28.2 Å². The second-order valence-corrected chi connectivity index (χ2v) is 14.0. The van der Waals surface area contributed by atoms with Crippen molar-refractivity contribution in [2.24, 2.45) is 0 Å². The van der Waals surface area contributed by atoms with Gasteiger partial charge in [0, 0.05) is 73.2 Å². The number of phenolic OH excluding ortho intramolecular Hbond substituents is 2. The number of benzene rings is 3. The van der Waals surface area contributed by atoms with Gasteiger partial charge in [0.15, 0.2) is 0 Å². The molecule has 4 aromatic rings. The average Bonchev–Trinajstić information content (AvgIpc) is 3.11. The number of hydrogen-bond acceptors (Lipinski definition) is 7. The number of H-pyrrole nitrogens is 1. The third-order valence-corrected chi connectivity index (χ3v) is 10.0. The van der Waals surface area contributed by atoms with Gasteiger partial charge in [0.25, 0.3) is 17.4 Å². The molecule has 52 heavy (non-hydrogen) atoms. The molecule has 0 aliphatic carbocycles. The molecular weight excluding hydrogens is 656 g/mol. The van der Waals surface area contributed by atoms with Gasteiger partial charge in [-0.15, -0.1) is 0 Å². The summed E-state index contributed by atoms with van der Waals surface area (Å²) in [6, 6.07) is 16.6. The Balaban J connectivity index is 1.52. The largest absolute Gasteiger partial charge is 0.508 e. The standard InChI is InChI=1S/C42H52N4O6/c1-8-16-46(42(51)35-22-33(25(3)4)38(47)23-39(35)48)31-12-10-29(11-13-31)30-20-34(40(49)43-24-36-26(5)19-27(6)44-41(36)50)28(7)37(21-30)45(9-2)32-14-17-52-18-15-32/h10-13,19-23,25,32,47-48H,8-9,14-18,24H2,1-7H3,(H,43,49)(H,44,50). The Labute approximate surface area is 306 Å². The number of pyridine rings is 1. The van der Waals surface area contributed by atoms with E-state index in [0.717, 1.165) is 53.0 Å². The Bertz CT molecular complexity index is 1980. The summed E-state index contributed by atoms with van der Waals surface area (Å²) in [7, 11) is 0. The molecule has 0 unspecified atom stereocenters. The fourth-order valence-corrected chi connectivity index (χ4v) is 7.17. The van der Waals surface area contributed by atoms with Gasteiger partial charge in [-0.2, -0.15) is 0 Å². The lowest BCUT2D eigenvalue weighted by atomic mass is 9.95. The molecule has 3 aromatic carbocycles. The number of hydrogen-bond donors (Lipinski definition) is 4. The molecule has 276 valence electrons. The molecule has 0 spiro atoms. The van der Waals surface area contributed by atoms with Gasteiger partial charge in [0.05, 0.1) is 5.56 Å². The molecule has 0 atom stereocenters. The number of ether oxygens (including phenoxy) is 1. The summed E-state index contributed by atoms with van der Waals surface area (Å²) in [6.07, 6.45) is 2.47. The van der Waals surface area contributed by atoms with E-state index in [9.17, 15) is 24.6 Å². The van der Waals surface area contributed by atoms with E-state index in [1.807, 2.05) is 77.9 Å². The van der Waals surface area contributed by atoms with Crippen molar-refractivity contribution >= 4 is 23.2 Å². The normalized spacial score (nSPS) is 13.3. The van der Waals surface area contributed by atoms with Crippen LogP contribution in [-0.2, 0) is 11.3 Å². The number of anilines is 2. The molecule has 0 saturated carbocycles. The number of carbonyl (C=O) groups is 2. The predicted molar refractivity (Wildman–Crippen MR) is 207 cm³/mol. The van der Waals surface area contributed by atoms with Crippen LogP contribution in [0.3, 0.4) is 0 Å². The Morgan fingerprint density at radius 1 is 0.923 bits per heavy atom. The highest BCUT2D eigenvalue weighted by Crippen LogP contribution is 2.36. The molecular formula is C42H52N4O6. The summed E-state index contributed by atoms with van der Waals surface area (Å²) < 4.78 is 5.66. The smallest absolute Gasteiger partial charge is 0.262 e. The summed E-state index contributed by atoms with van der Waals surface area (Å²) in [5.74, 6) is -0.980. The van der Waals surface area contributed by atoms with Crippen LogP contribution in [0.4, 0.5) is 11.4 Å². The van der Waals surface area contributed by atoms with E-state index in [4.69, 9.17) is 4.74 Å². The number of aryl methyl sites for hydroxylation is 2. The summed E-state index contributed by atoms with van der Waals surface area (Å²) in [6.45, 7) is 16.3. The molecule has 2 amide bonds. The first-order valence-corrected chi connectivity index (χ1v) is 18.3. The van der Waals surface area contributed by atoms with E-state index in [-0.39, 0.29) is 52.9 Å². The van der Waals surface area contributed by atoms with Gasteiger partial charge in [-0.3, -0.25) is 14.4 Å². The number of nitrogens with zero attached hydrogens (tertiary/aromatic N) is 2. The molecule has 1 aliphatic heterocycles. The highest BCUT2D eigenvalue weighted by molar-refractivity contribution is 6.08. The maximum Gasteiger partial charge on any atom is 0.262 e. The first kappa shape index (κ1) is 38.1. The molecule has 10 heteroatoms. The van der Waals surface area contributed by atoms with Gasteiger partial charge >= 0.3 is 0 Å². The molecule has 2 heterocycles. The minimum absolute atomic E-state index is 0.0399. The minimum atomic E-state index is -0.358. The maximum atomic E-state index is 13.9. The topological polar surface area (TPSA) is 135 Å². The zero-order chi connectivity index (χ0) is 37.7. The first-order chi connectivity index (χ1) is 24.8. The van der Waals surface area contributed by atoms with Crippen LogP contribution in [0.25, 0.3) is 11.1 Å². The lowest BCUT2D eigenvalue weighted by Crippen LogP contribution is -2.40. The van der Waals surface area contributed by atoms with E-state index >= 15 is 0 Å². The molecule has 1 fully saturated rings. The van der Waals surface area contributed by atoms with Crippen molar-refractivity contribution in [1.82, 2.24) is 10.3 Å². The summed E-state index contributed by atoms with van der Waals surface area (Å²) >= 11 is 0. The number of nitrogens with one attached hydrogen (secondary N) is 2. The third-order valence-electron chi connectivity index (χ3n) is 10.0. The minimum Gasteiger partial charge on any atom is -0.508 e. The third kappa shape index (κ3) is 8.18. The van der Waals surface area contributed by atoms with Gasteiger partial charge in [-0.25, -0.2) is 0 Å². The summed E-state index contributed by atoms with van der Waals surface area (Å²) in [4.78, 5) is 47.4. The van der Waals surface area contributed by atoms with Crippen molar-refractivity contribution in [2.45, 2.75) is 86.2 Å². The second kappa shape index (κ2) is 16.5. The van der Waals surface area contributed by atoms with Crippen LogP contribution in [0.2, 0.25) is 0 Å². The van der Waals surface area contributed by atoms with Gasteiger partial charge in [0.1, 0.15) is 11.5 Å². The number of carbonyl (C=O) groups excluding carboxylic acids is 2. The van der Waals surface area contributed by atoms with Gasteiger partial charge < -0.3 is 35.1 Å².